The lowest BCUT2D eigenvalue weighted by Crippen LogP contribution is -2.44. The molecule has 1 fully saturated rings. The first-order valence-corrected chi connectivity index (χ1v) is 10.4. The second kappa shape index (κ2) is 7.02. The zero-order chi connectivity index (χ0) is 19.9. The molecule has 1 unspecified atom stereocenters. The Labute approximate surface area is 161 Å². The molecule has 0 aliphatic carbocycles. The smallest absolute Gasteiger partial charge is 0.417 e. The number of nitrogens with one attached hydrogen (secondary N) is 1. The van der Waals surface area contributed by atoms with Gasteiger partial charge in [-0.15, -0.1) is 0 Å². The molecule has 9 nitrogen and oxygen atoms in total. The number of piperidine rings is 1. The highest BCUT2D eigenvalue weighted by Gasteiger charge is 2.31. The number of fused-ring (bicyclic) bond motifs is 1. The van der Waals surface area contributed by atoms with Crippen LogP contribution in [0.3, 0.4) is 0 Å². The maximum Gasteiger partial charge on any atom is 0.417 e. The molecule has 1 N–H and O–H groups in total. The number of hydrogen-bond acceptors (Lipinski definition) is 7. The predicted octanol–water partition coefficient (Wildman–Crippen LogP) is 1.76. The molecule has 0 saturated carbocycles. The van der Waals surface area contributed by atoms with Crippen LogP contribution in [0, 0.1) is 13.8 Å². The minimum absolute atomic E-state index is 0.103. The van der Waals surface area contributed by atoms with E-state index in [1.54, 1.807) is 13.0 Å². The van der Waals surface area contributed by atoms with Crippen molar-refractivity contribution in [3.05, 3.63) is 46.3 Å². The van der Waals surface area contributed by atoms with E-state index in [1.165, 1.54) is 22.5 Å². The number of hydrogen-bond donors (Lipinski definition) is 1. The molecule has 3 heterocycles. The third kappa shape index (κ3) is 3.65. The van der Waals surface area contributed by atoms with E-state index in [-0.39, 0.29) is 17.5 Å². The van der Waals surface area contributed by atoms with Gasteiger partial charge in [-0.1, -0.05) is 0 Å². The molecule has 0 spiro atoms. The Hall–Kier alpha value is -2.72. The van der Waals surface area contributed by atoms with Crippen molar-refractivity contribution in [3.63, 3.8) is 0 Å². The molecule has 1 atom stereocenters. The average Bonchev–Trinajstić information content (AvgIpc) is 3.00. The van der Waals surface area contributed by atoms with Crippen LogP contribution in [0.25, 0.3) is 11.1 Å². The van der Waals surface area contributed by atoms with Gasteiger partial charge in [-0.05, 0) is 44.9 Å². The first-order chi connectivity index (χ1) is 13.3. The third-order valence-electron chi connectivity index (χ3n) is 4.60. The van der Waals surface area contributed by atoms with Gasteiger partial charge in [0.05, 0.1) is 17.0 Å². The molecular formula is C18H20N4O5S. The Balaban J connectivity index is 1.56. The Bertz CT molecular complexity index is 1160. The van der Waals surface area contributed by atoms with Crippen molar-refractivity contribution in [2.75, 3.05) is 13.1 Å². The van der Waals surface area contributed by atoms with Gasteiger partial charge in [0.1, 0.15) is 11.9 Å². The fourth-order valence-corrected chi connectivity index (χ4v) is 4.91. The molecular weight excluding hydrogens is 384 g/mol. The van der Waals surface area contributed by atoms with Gasteiger partial charge >= 0.3 is 5.76 Å². The van der Waals surface area contributed by atoms with Crippen molar-refractivity contribution in [1.29, 1.82) is 0 Å². The van der Waals surface area contributed by atoms with Gasteiger partial charge < -0.3 is 9.15 Å². The van der Waals surface area contributed by atoms with Crippen LogP contribution in [-0.2, 0) is 10.0 Å². The standard InChI is InChI=1S/C18H20N4O5S/c1-11-8-17(20-12(2)19-11)26-13-4-3-7-22(10-13)28(24,25)14-5-6-16-15(9-14)21-18(23)27-16/h5-6,8-9,13H,3-4,7,10H2,1-2H3,(H,21,23). The summed E-state index contributed by atoms with van der Waals surface area (Å²) in [5.41, 5.74) is 1.46. The maximum atomic E-state index is 13.1. The van der Waals surface area contributed by atoms with E-state index in [4.69, 9.17) is 9.15 Å². The highest BCUT2D eigenvalue weighted by atomic mass is 32.2. The minimum Gasteiger partial charge on any atom is -0.473 e. The van der Waals surface area contributed by atoms with E-state index in [2.05, 4.69) is 15.0 Å². The molecule has 0 bridgehead atoms. The first-order valence-electron chi connectivity index (χ1n) is 8.93. The normalized spacial score (nSPS) is 18.4. The molecule has 3 aromatic rings. The van der Waals surface area contributed by atoms with E-state index in [0.717, 1.165) is 12.1 Å². The zero-order valence-corrected chi connectivity index (χ0v) is 16.3. The van der Waals surface area contributed by atoms with E-state index in [1.807, 2.05) is 6.92 Å². The fourth-order valence-electron chi connectivity index (χ4n) is 3.37. The van der Waals surface area contributed by atoms with Gasteiger partial charge in [0.2, 0.25) is 15.9 Å². The monoisotopic (exact) mass is 404 g/mol. The molecule has 2 aromatic heterocycles. The summed E-state index contributed by atoms with van der Waals surface area (Å²) >= 11 is 0. The van der Waals surface area contributed by atoms with Crippen LogP contribution in [0.5, 0.6) is 5.88 Å². The Kier molecular flexibility index (Phi) is 4.68. The Morgan fingerprint density at radius 1 is 1.25 bits per heavy atom. The number of rotatable bonds is 4. The predicted molar refractivity (Wildman–Crippen MR) is 101 cm³/mol. The zero-order valence-electron chi connectivity index (χ0n) is 15.5. The Morgan fingerprint density at radius 3 is 2.86 bits per heavy atom. The quantitative estimate of drug-likeness (QED) is 0.704. The number of sulfonamides is 1. The maximum absolute atomic E-state index is 13.1. The summed E-state index contributed by atoms with van der Waals surface area (Å²) in [5, 5.41) is 0. The topological polar surface area (TPSA) is 118 Å². The van der Waals surface area contributed by atoms with Crippen LogP contribution in [-0.4, -0.2) is 46.9 Å². The molecule has 1 aromatic carbocycles. The number of H-pyrrole nitrogens is 1. The molecule has 0 amide bonds. The first kappa shape index (κ1) is 18.6. The van der Waals surface area contributed by atoms with E-state index in [0.29, 0.717) is 35.8 Å². The summed E-state index contributed by atoms with van der Waals surface area (Å²) < 4.78 is 38.4. The number of aromatic amines is 1. The highest BCUT2D eigenvalue weighted by molar-refractivity contribution is 7.89. The molecule has 0 radical (unpaired) electrons. The molecule has 28 heavy (non-hydrogen) atoms. The van der Waals surface area contributed by atoms with Crippen molar-refractivity contribution >= 4 is 21.1 Å². The molecule has 1 saturated heterocycles. The number of benzene rings is 1. The second-order valence-corrected chi connectivity index (χ2v) is 8.75. The molecule has 1 aliphatic heterocycles. The lowest BCUT2D eigenvalue weighted by Gasteiger charge is -2.31. The van der Waals surface area contributed by atoms with Gasteiger partial charge in [-0.3, -0.25) is 4.98 Å². The summed E-state index contributed by atoms with van der Waals surface area (Å²) in [6, 6.07) is 6.07. The van der Waals surface area contributed by atoms with Crippen molar-refractivity contribution in [3.8, 4) is 5.88 Å². The van der Waals surface area contributed by atoms with Crippen LogP contribution in [0.1, 0.15) is 24.4 Å². The van der Waals surface area contributed by atoms with Gasteiger partial charge in [-0.2, -0.15) is 9.29 Å². The van der Waals surface area contributed by atoms with E-state index >= 15 is 0 Å². The van der Waals surface area contributed by atoms with Crippen LogP contribution < -0.4 is 10.5 Å². The highest BCUT2D eigenvalue weighted by Crippen LogP contribution is 2.25. The summed E-state index contributed by atoms with van der Waals surface area (Å²) in [6.07, 6.45) is 1.12. The van der Waals surface area contributed by atoms with Crippen LogP contribution in [0.2, 0.25) is 0 Å². The van der Waals surface area contributed by atoms with Crippen molar-refractivity contribution in [2.24, 2.45) is 0 Å². The third-order valence-corrected chi connectivity index (χ3v) is 6.46. The lowest BCUT2D eigenvalue weighted by atomic mass is 10.1. The van der Waals surface area contributed by atoms with Gasteiger partial charge in [0.15, 0.2) is 5.58 Å². The second-order valence-electron chi connectivity index (χ2n) is 6.81. The average molecular weight is 404 g/mol. The van der Waals surface area contributed by atoms with Gasteiger partial charge in [-0.25, -0.2) is 18.2 Å². The summed E-state index contributed by atoms with van der Waals surface area (Å²) in [7, 11) is -3.73. The van der Waals surface area contributed by atoms with E-state index < -0.39 is 15.8 Å². The number of nitrogens with zero attached hydrogens (tertiary/aromatic N) is 3. The SMILES string of the molecule is Cc1cc(OC2CCCN(S(=O)(=O)c3ccc4oc(=O)[nH]c4c3)C2)nc(C)n1. The summed E-state index contributed by atoms with van der Waals surface area (Å²) in [4.78, 5) is 22.4. The Morgan fingerprint density at radius 2 is 2.07 bits per heavy atom. The molecule has 10 heteroatoms. The van der Waals surface area contributed by atoms with Crippen molar-refractivity contribution in [1.82, 2.24) is 19.3 Å². The van der Waals surface area contributed by atoms with Crippen LogP contribution in [0.15, 0.2) is 38.4 Å². The summed E-state index contributed by atoms with van der Waals surface area (Å²) in [6.45, 7) is 4.28. The number of aromatic nitrogens is 3. The lowest BCUT2D eigenvalue weighted by molar-refractivity contribution is 0.124. The van der Waals surface area contributed by atoms with Gasteiger partial charge in [0, 0.05) is 18.3 Å². The molecule has 4 rings (SSSR count). The van der Waals surface area contributed by atoms with E-state index in [9.17, 15) is 13.2 Å². The van der Waals surface area contributed by atoms with Crippen molar-refractivity contribution in [2.45, 2.75) is 37.7 Å². The summed E-state index contributed by atoms with van der Waals surface area (Å²) in [5.74, 6) is 0.441. The largest absolute Gasteiger partial charge is 0.473 e. The molecule has 148 valence electrons. The molecule has 1 aliphatic rings. The number of aryl methyl sites for hydroxylation is 2. The fraction of sp³-hybridized carbons (Fsp3) is 0.389. The minimum atomic E-state index is -3.73. The van der Waals surface area contributed by atoms with Gasteiger partial charge in [0.25, 0.3) is 0 Å². The number of ether oxygens (including phenoxy) is 1. The van der Waals surface area contributed by atoms with Crippen LogP contribution in [0.4, 0.5) is 0 Å². The van der Waals surface area contributed by atoms with Crippen molar-refractivity contribution < 1.29 is 17.6 Å². The number of oxazole rings is 1. The van der Waals surface area contributed by atoms with Crippen LogP contribution >= 0.6 is 0 Å².